The number of rotatable bonds is 5. The fraction of sp³-hybridized carbons (Fsp3) is 0.357. The maximum atomic E-state index is 5.85. The Morgan fingerprint density at radius 3 is 2.67 bits per heavy atom. The molecule has 0 aliphatic rings. The lowest BCUT2D eigenvalue weighted by atomic mass is 10.1. The molecule has 1 N–H and O–H groups in total. The third-order valence-corrected chi connectivity index (χ3v) is 3.28. The minimum absolute atomic E-state index is 0.261. The molecule has 1 aromatic carbocycles. The van der Waals surface area contributed by atoms with Crippen molar-refractivity contribution in [1.82, 2.24) is 14.9 Å². The van der Waals surface area contributed by atoms with Gasteiger partial charge in [0.1, 0.15) is 5.82 Å². The first-order chi connectivity index (χ1) is 8.66. The smallest absolute Gasteiger partial charge is 0.125 e. The SMILES string of the molecule is CC(NCCc1ccc(Cl)cc1)c1nccn1C. The minimum Gasteiger partial charge on any atom is -0.337 e. The molecule has 0 bridgehead atoms. The van der Waals surface area contributed by atoms with Gasteiger partial charge in [0.2, 0.25) is 0 Å². The number of aromatic nitrogens is 2. The highest BCUT2D eigenvalue weighted by Gasteiger charge is 2.08. The predicted octanol–water partition coefficient (Wildman–Crippen LogP) is 2.97. The largest absolute Gasteiger partial charge is 0.337 e. The van der Waals surface area contributed by atoms with E-state index < -0.39 is 0 Å². The normalized spacial score (nSPS) is 12.6. The second kappa shape index (κ2) is 6.03. The number of hydrogen-bond acceptors (Lipinski definition) is 2. The van der Waals surface area contributed by atoms with Crippen LogP contribution in [0.25, 0.3) is 0 Å². The molecular formula is C14H18ClN3. The molecule has 4 heteroatoms. The molecule has 0 amide bonds. The summed E-state index contributed by atoms with van der Waals surface area (Å²) in [5.41, 5.74) is 1.29. The third kappa shape index (κ3) is 3.34. The number of hydrogen-bond donors (Lipinski definition) is 1. The van der Waals surface area contributed by atoms with Crippen LogP contribution in [0.15, 0.2) is 36.7 Å². The number of imidazole rings is 1. The Bertz CT molecular complexity index is 490. The molecule has 0 saturated carbocycles. The van der Waals surface area contributed by atoms with E-state index in [9.17, 15) is 0 Å². The molecule has 18 heavy (non-hydrogen) atoms. The van der Waals surface area contributed by atoms with Gasteiger partial charge >= 0.3 is 0 Å². The Hall–Kier alpha value is -1.32. The number of nitrogens with one attached hydrogen (secondary N) is 1. The second-order valence-electron chi connectivity index (χ2n) is 4.45. The lowest BCUT2D eigenvalue weighted by molar-refractivity contribution is 0.533. The molecule has 0 fully saturated rings. The lowest BCUT2D eigenvalue weighted by Crippen LogP contribution is -2.23. The maximum absolute atomic E-state index is 5.85. The number of aryl methyl sites for hydroxylation is 1. The van der Waals surface area contributed by atoms with Crippen molar-refractivity contribution in [2.45, 2.75) is 19.4 Å². The summed E-state index contributed by atoms with van der Waals surface area (Å²) in [5, 5.41) is 4.26. The van der Waals surface area contributed by atoms with Crippen molar-refractivity contribution >= 4 is 11.6 Å². The van der Waals surface area contributed by atoms with E-state index in [1.807, 2.05) is 36.1 Å². The summed E-state index contributed by atoms with van der Waals surface area (Å²) in [5.74, 6) is 1.06. The average molecular weight is 264 g/mol. The Morgan fingerprint density at radius 2 is 2.06 bits per heavy atom. The van der Waals surface area contributed by atoms with E-state index in [-0.39, 0.29) is 6.04 Å². The number of benzene rings is 1. The quantitative estimate of drug-likeness (QED) is 0.899. The Kier molecular flexibility index (Phi) is 4.39. The summed E-state index contributed by atoms with van der Waals surface area (Å²) in [7, 11) is 2.01. The standard InChI is InChI=1S/C14H18ClN3/c1-11(14-17-9-10-18(14)2)16-8-7-12-3-5-13(15)6-4-12/h3-6,9-11,16H,7-8H2,1-2H3. The van der Waals surface area contributed by atoms with E-state index in [1.165, 1.54) is 5.56 Å². The van der Waals surface area contributed by atoms with Crippen molar-refractivity contribution in [3.8, 4) is 0 Å². The van der Waals surface area contributed by atoms with Crippen molar-refractivity contribution in [2.75, 3.05) is 6.54 Å². The van der Waals surface area contributed by atoms with E-state index in [1.54, 1.807) is 0 Å². The molecule has 0 saturated heterocycles. The Morgan fingerprint density at radius 1 is 1.33 bits per heavy atom. The van der Waals surface area contributed by atoms with Crippen LogP contribution in [-0.2, 0) is 13.5 Å². The highest BCUT2D eigenvalue weighted by Crippen LogP contribution is 2.11. The molecule has 1 unspecified atom stereocenters. The van der Waals surface area contributed by atoms with E-state index in [2.05, 4.69) is 29.4 Å². The van der Waals surface area contributed by atoms with Crippen LogP contribution in [0.2, 0.25) is 5.02 Å². The Balaban J connectivity index is 1.82. The Labute approximate surface area is 113 Å². The van der Waals surface area contributed by atoms with E-state index >= 15 is 0 Å². The van der Waals surface area contributed by atoms with Crippen LogP contribution < -0.4 is 5.32 Å². The van der Waals surface area contributed by atoms with Gasteiger partial charge < -0.3 is 9.88 Å². The van der Waals surface area contributed by atoms with Crippen LogP contribution in [0.4, 0.5) is 0 Å². The summed E-state index contributed by atoms with van der Waals surface area (Å²) >= 11 is 5.85. The summed E-state index contributed by atoms with van der Waals surface area (Å²) in [6.45, 7) is 3.06. The van der Waals surface area contributed by atoms with Crippen molar-refractivity contribution in [2.24, 2.45) is 7.05 Å². The first kappa shape index (κ1) is 13.1. The van der Waals surface area contributed by atoms with Gasteiger partial charge in [-0.05, 0) is 37.6 Å². The molecule has 1 atom stereocenters. The molecule has 1 aromatic heterocycles. The molecule has 0 aliphatic heterocycles. The monoisotopic (exact) mass is 263 g/mol. The summed E-state index contributed by atoms with van der Waals surface area (Å²) < 4.78 is 2.04. The number of halogens is 1. The van der Waals surface area contributed by atoms with Gasteiger partial charge in [-0.25, -0.2) is 4.98 Å². The summed E-state index contributed by atoms with van der Waals surface area (Å²) in [6.07, 6.45) is 4.78. The van der Waals surface area contributed by atoms with Crippen LogP contribution in [0.1, 0.15) is 24.4 Å². The van der Waals surface area contributed by atoms with Crippen molar-refractivity contribution < 1.29 is 0 Å². The highest BCUT2D eigenvalue weighted by atomic mass is 35.5. The molecule has 2 aromatic rings. The zero-order valence-corrected chi connectivity index (χ0v) is 11.5. The third-order valence-electron chi connectivity index (χ3n) is 3.02. The van der Waals surface area contributed by atoms with Gasteiger partial charge in [-0.15, -0.1) is 0 Å². The second-order valence-corrected chi connectivity index (χ2v) is 4.89. The first-order valence-electron chi connectivity index (χ1n) is 6.12. The van der Waals surface area contributed by atoms with Crippen LogP contribution >= 0.6 is 11.6 Å². The number of nitrogens with zero attached hydrogens (tertiary/aromatic N) is 2. The van der Waals surface area contributed by atoms with E-state index in [4.69, 9.17) is 11.6 Å². The molecule has 3 nitrogen and oxygen atoms in total. The zero-order valence-electron chi connectivity index (χ0n) is 10.7. The minimum atomic E-state index is 0.261. The van der Waals surface area contributed by atoms with Crippen LogP contribution in [0, 0.1) is 0 Å². The van der Waals surface area contributed by atoms with Gasteiger partial charge in [0, 0.05) is 24.5 Å². The van der Waals surface area contributed by atoms with Gasteiger partial charge in [-0.2, -0.15) is 0 Å². The van der Waals surface area contributed by atoms with Gasteiger partial charge in [0.25, 0.3) is 0 Å². The molecule has 96 valence electrons. The maximum Gasteiger partial charge on any atom is 0.125 e. The molecule has 0 aliphatic carbocycles. The van der Waals surface area contributed by atoms with Crippen LogP contribution in [-0.4, -0.2) is 16.1 Å². The predicted molar refractivity (Wildman–Crippen MR) is 74.8 cm³/mol. The fourth-order valence-corrected chi connectivity index (χ4v) is 2.10. The summed E-state index contributed by atoms with van der Waals surface area (Å²) in [4.78, 5) is 4.34. The molecule has 0 spiro atoms. The van der Waals surface area contributed by atoms with Crippen LogP contribution in [0.5, 0.6) is 0 Å². The molecule has 0 radical (unpaired) electrons. The van der Waals surface area contributed by atoms with E-state index in [0.29, 0.717) is 0 Å². The zero-order chi connectivity index (χ0) is 13.0. The first-order valence-corrected chi connectivity index (χ1v) is 6.49. The highest BCUT2D eigenvalue weighted by molar-refractivity contribution is 6.30. The van der Waals surface area contributed by atoms with Gasteiger partial charge in [0.15, 0.2) is 0 Å². The van der Waals surface area contributed by atoms with Gasteiger partial charge in [-0.3, -0.25) is 0 Å². The van der Waals surface area contributed by atoms with Gasteiger partial charge in [0.05, 0.1) is 6.04 Å². The van der Waals surface area contributed by atoms with Crippen molar-refractivity contribution in [3.63, 3.8) is 0 Å². The van der Waals surface area contributed by atoms with Crippen molar-refractivity contribution in [3.05, 3.63) is 53.1 Å². The topological polar surface area (TPSA) is 29.9 Å². The molecular weight excluding hydrogens is 246 g/mol. The fourth-order valence-electron chi connectivity index (χ4n) is 1.97. The average Bonchev–Trinajstić information content (AvgIpc) is 2.78. The lowest BCUT2D eigenvalue weighted by Gasteiger charge is -2.13. The van der Waals surface area contributed by atoms with Crippen molar-refractivity contribution in [1.29, 1.82) is 0 Å². The van der Waals surface area contributed by atoms with Crippen LogP contribution in [0.3, 0.4) is 0 Å². The molecule has 1 heterocycles. The van der Waals surface area contributed by atoms with E-state index in [0.717, 1.165) is 23.8 Å². The summed E-state index contributed by atoms with van der Waals surface area (Å²) in [6, 6.07) is 8.25. The molecule has 2 rings (SSSR count). The van der Waals surface area contributed by atoms with Gasteiger partial charge in [-0.1, -0.05) is 23.7 Å².